The molecule has 1 N–H and O–H groups in total. The second-order valence-corrected chi connectivity index (χ2v) is 8.02. The smallest absolute Gasteiger partial charge is 0.221 e. The van der Waals surface area contributed by atoms with Crippen molar-refractivity contribution in [1.82, 2.24) is 5.32 Å². The quantitative estimate of drug-likeness (QED) is 0.225. The Morgan fingerprint density at radius 3 is 2.33 bits per heavy atom. The lowest BCUT2D eigenvalue weighted by Crippen LogP contribution is -2.62. The topological polar surface area (TPSA) is 41.5 Å². The molecule has 0 aromatic heterocycles. The lowest BCUT2D eigenvalue weighted by atomic mass is 10.1. The van der Waals surface area contributed by atoms with Crippen molar-refractivity contribution in [2.45, 2.75) is 104 Å². The molecule has 0 aromatic rings. The van der Waals surface area contributed by atoms with Crippen molar-refractivity contribution in [2.24, 2.45) is 4.99 Å². The first kappa shape index (κ1) is 23.9. The van der Waals surface area contributed by atoms with Crippen LogP contribution in [0.25, 0.3) is 0 Å². The first-order valence-corrected chi connectivity index (χ1v) is 11.4. The standard InChI is InChI=1S/C23H43N3O/c1-5-7-8-9-10-11-12-13-14-15-16-17-18-23-24-19-20-26(23,6-2)21(3)25-22(4)27/h13-14,21H,5-12,15-20H2,1-4H3/p+1/b14-13+. The van der Waals surface area contributed by atoms with Crippen LogP contribution in [0.1, 0.15) is 98.3 Å². The van der Waals surface area contributed by atoms with Crippen LogP contribution in [-0.4, -0.2) is 42.0 Å². The molecule has 156 valence electrons. The fourth-order valence-electron chi connectivity index (χ4n) is 4.20. The molecule has 1 rings (SSSR count). The van der Waals surface area contributed by atoms with Gasteiger partial charge in [0.25, 0.3) is 0 Å². The van der Waals surface area contributed by atoms with Gasteiger partial charge in [0.15, 0.2) is 12.0 Å². The van der Waals surface area contributed by atoms with Gasteiger partial charge in [0, 0.05) is 20.3 Å². The molecule has 0 aromatic carbocycles. The molecule has 0 bridgehead atoms. The number of carbonyl (C=O) groups is 1. The summed E-state index contributed by atoms with van der Waals surface area (Å²) >= 11 is 0. The van der Waals surface area contributed by atoms with E-state index in [1.54, 1.807) is 6.92 Å². The molecule has 0 radical (unpaired) electrons. The molecule has 2 atom stereocenters. The Balaban J connectivity index is 2.21. The fourth-order valence-corrected chi connectivity index (χ4v) is 4.20. The number of hydrogen-bond acceptors (Lipinski definition) is 2. The molecule has 4 nitrogen and oxygen atoms in total. The number of unbranched alkanes of at least 4 members (excludes halogenated alkanes) is 8. The van der Waals surface area contributed by atoms with Gasteiger partial charge >= 0.3 is 0 Å². The molecular weight excluding hydrogens is 334 g/mol. The summed E-state index contributed by atoms with van der Waals surface area (Å²) in [5, 5.41) is 3.09. The van der Waals surface area contributed by atoms with Crippen molar-refractivity contribution in [1.29, 1.82) is 0 Å². The van der Waals surface area contributed by atoms with Gasteiger partial charge in [0.2, 0.25) is 5.91 Å². The van der Waals surface area contributed by atoms with Crippen molar-refractivity contribution in [3.63, 3.8) is 0 Å². The van der Waals surface area contributed by atoms with Gasteiger partial charge in [-0.05, 0) is 39.0 Å². The number of amidine groups is 1. The molecule has 4 heteroatoms. The Hall–Kier alpha value is -1.16. The number of quaternary nitrogens is 1. The van der Waals surface area contributed by atoms with Crippen LogP contribution in [0.4, 0.5) is 0 Å². The van der Waals surface area contributed by atoms with Crippen LogP contribution in [0.2, 0.25) is 0 Å². The number of rotatable bonds is 15. The normalized spacial score (nSPS) is 20.8. The number of carbonyl (C=O) groups excluding carboxylic acids is 1. The first-order valence-electron chi connectivity index (χ1n) is 11.4. The van der Waals surface area contributed by atoms with Crippen LogP contribution in [-0.2, 0) is 4.79 Å². The summed E-state index contributed by atoms with van der Waals surface area (Å²) in [6.45, 7) is 11.1. The van der Waals surface area contributed by atoms with Gasteiger partial charge in [-0.3, -0.25) is 9.28 Å². The molecule has 1 heterocycles. The van der Waals surface area contributed by atoms with Crippen molar-refractivity contribution in [2.75, 3.05) is 19.6 Å². The summed E-state index contributed by atoms with van der Waals surface area (Å²) < 4.78 is 0.841. The molecule has 0 saturated carbocycles. The number of hydrogen-bond donors (Lipinski definition) is 1. The summed E-state index contributed by atoms with van der Waals surface area (Å²) in [6, 6.07) is 0. The Labute approximate surface area is 168 Å². The molecule has 1 amide bonds. The Bertz CT molecular complexity index is 472. The summed E-state index contributed by atoms with van der Waals surface area (Å²) in [5.74, 6) is 1.34. The van der Waals surface area contributed by atoms with Crippen molar-refractivity contribution in [3.8, 4) is 0 Å². The zero-order chi connectivity index (χ0) is 20.0. The van der Waals surface area contributed by atoms with Gasteiger partial charge < -0.3 is 5.32 Å². The second-order valence-electron chi connectivity index (χ2n) is 8.02. The van der Waals surface area contributed by atoms with E-state index in [0.29, 0.717) is 0 Å². The molecule has 27 heavy (non-hydrogen) atoms. The lowest BCUT2D eigenvalue weighted by Gasteiger charge is -2.39. The van der Waals surface area contributed by atoms with Crippen LogP contribution < -0.4 is 5.32 Å². The van der Waals surface area contributed by atoms with E-state index < -0.39 is 0 Å². The van der Waals surface area contributed by atoms with E-state index in [-0.39, 0.29) is 12.1 Å². The Morgan fingerprint density at radius 2 is 1.70 bits per heavy atom. The zero-order valence-electron chi connectivity index (χ0n) is 18.4. The van der Waals surface area contributed by atoms with Crippen LogP contribution in [0.3, 0.4) is 0 Å². The Kier molecular flexibility index (Phi) is 12.3. The highest BCUT2D eigenvalue weighted by Crippen LogP contribution is 2.23. The molecule has 2 unspecified atom stereocenters. The summed E-state index contributed by atoms with van der Waals surface area (Å²) in [4.78, 5) is 16.3. The minimum Gasteiger partial charge on any atom is -0.307 e. The number of amides is 1. The minimum absolute atomic E-state index is 0.0511. The molecule has 0 aliphatic carbocycles. The highest BCUT2D eigenvalue weighted by molar-refractivity contribution is 5.78. The number of nitrogens with one attached hydrogen (secondary N) is 1. The highest BCUT2D eigenvalue weighted by atomic mass is 16.1. The zero-order valence-corrected chi connectivity index (χ0v) is 18.4. The SMILES string of the molecule is CCCCCCCC/C=C/CCCCC1=NCC[N+]1(CC)C(C)NC(C)=O. The monoisotopic (exact) mass is 378 g/mol. The minimum atomic E-state index is 0.0511. The summed E-state index contributed by atoms with van der Waals surface area (Å²) in [6.07, 6.45) is 19.0. The number of allylic oxidation sites excluding steroid dienone is 2. The maximum Gasteiger partial charge on any atom is 0.221 e. The largest absolute Gasteiger partial charge is 0.307 e. The average Bonchev–Trinajstić information content (AvgIpc) is 3.06. The van der Waals surface area contributed by atoms with Gasteiger partial charge in [-0.15, -0.1) is 0 Å². The lowest BCUT2D eigenvalue weighted by molar-refractivity contribution is -0.861. The van der Waals surface area contributed by atoms with Crippen LogP contribution in [0.5, 0.6) is 0 Å². The molecule has 1 aliphatic rings. The summed E-state index contributed by atoms with van der Waals surface area (Å²) in [7, 11) is 0. The van der Waals surface area contributed by atoms with E-state index in [1.165, 1.54) is 70.0 Å². The summed E-state index contributed by atoms with van der Waals surface area (Å²) in [5.41, 5.74) is 0. The van der Waals surface area contributed by atoms with E-state index in [9.17, 15) is 4.79 Å². The van der Waals surface area contributed by atoms with Crippen LogP contribution in [0.15, 0.2) is 17.1 Å². The third-order valence-corrected chi connectivity index (χ3v) is 5.94. The van der Waals surface area contributed by atoms with E-state index in [2.05, 4.69) is 38.2 Å². The van der Waals surface area contributed by atoms with Gasteiger partial charge in [-0.25, -0.2) is 4.99 Å². The first-order chi connectivity index (χ1) is 13.1. The third-order valence-electron chi connectivity index (χ3n) is 5.94. The second kappa shape index (κ2) is 13.9. The van der Waals surface area contributed by atoms with E-state index >= 15 is 0 Å². The molecule has 0 spiro atoms. The van der Waals surface area contributed by atoms with E-state index in [4.69, 9.17) is 4.99 Å². The predicted octanol–water partition coefficient (Wildman–Crippen LogP) is 5.58. The van der Waals surface area contributed by atoms with Crippen molar-refractivity contribution < 1.29 is 9.28 Å². The number of aliphatic imine (C=N–C) groups is 1. The fraction of sp³-hybridized carbons (Fsp3) is 0.826. The highest BCUT2D eigenvalue weighted by Gasteiger charge is 2.41. The Morgan fingerprint density at radius 1 is 1.07 bits per heavy atom. The van der Waals surface area contributed by atoms with Gasteiger partial charge in [0.05, 0.1) is 13.1 Å². The van der Waals surface area contributed by atoms with E-state index in [0.717, 1.165) is 30.5 Å². The van der Waals surface area contributed by atoms with E-state index in [1.807, 2.05) is 0 Å². The van der Waals surface area contributed by atoms with Gasteiger partial charge in [-0.2, -0.15) is 0 Å². The van der Waals surface area contributed by atoms with Gasteiger partial charge in [0.1, 0.15) is 6.54 Å². The van der Waals surface area contributed by atoms with Crippen LogP contribution in [0, 0.1) is 0 Å². The average molecular weight is 379 g/mol. The predicted molar refractivity (Wildman–Crippen MR) is 117 cm³/mol. The maximum atomic E-state index is 11.5. The number of nitrogens with zero attached hydrogens (tertiary/aromatic N) is 2. The van der Waals surface area contributed by atoms with Crippen molar-refractivity contribution in [3.05, 3.63) is 12.2 Å². The molecule has 0 fully saturated rings. The van der Waals surface area contributed by atoms with Crippen molar-refractivity contribution >= 4 is 11.7 Å². The molecule has 1 aliphatic heterocycles. The molecular formula is C23H44N3O+. The maximum absolute atomic E-state index is 11.5. The third kappa shape index (κ3) is 8.59. The molecule has 0 saturated heterocycles. The van der Waals surface area contributed by atoms with Gasteiger partial charge in [-0.1, -0.05) is 51.2 Å². The van der Waals surface area contributed by atoms with Crippen LogP contribution >= 0.6 is 0 Å². The number of likely N-dealkylation sites (N-methyl/N-ethyl adjacent to an activating group) is 1.